The fourth-order valence-electron chi connectivity index (χ4n) is 2.55. The molecule has 4 rings (SSSR count). The normalized spacial score (nSPS) is 11.0. The minimum absolute atomic E-state index is 0.544. The van der Waals surface area contributed by atoms with Crippen LogP contribution in [-0.4, -0.2) is 14.7 Å². The van der Waals surface area contributed by atoms with Crippen molar-refractivity contribution in [3.05, 3.63) is 65.3 Å². The Morgan fingerprint density at radius 3 is 2.48 bits per heavy atom. The predicted molar refractivity (Wildman–Crippen MR) is 91.8 cm³/mol. The van der Waals surface area contributed by atoms with Gasteiger partial charge in [-0.25, -0.2) is 0 Å². The Hall–Kier alpha value is -2.66. The molecule has 0 aliphatic heterocycles. The van der Waals surface area contributed by atoms with Crippen LogP contribution >= 0.6 is 11.3 Å². The van der Waals surface area contributed by atoms with Gasteiger partial charge >= 0.3 is 0 Å². The lowest BCUT2D eigenvalue weighted by Crippen LogP contribution is -1.91. The molecule has 0 radical (unpaired) electrons. The van der Waals surface area contributed by atoms with E-state index < -0.39 is 0 Å². The zero-order valence-corrected chi connectivity index (χ0v) is 13.7. The minimum Gasteiger partial charge on any atom is -0.334 e. The van der Waals surface area contributed by atoms with Crippen LogP contribution in [0.5, 0.6) is 0 Å². The quantitative estimate of drug-likeness (QED) is 0.540. The van der Waals surface area contributed by atoms with Crippen LogP contribution in [0.4, 0.5) is 0 Å². The molecule has 4 nitrogen and oxygen atoms in total. The van der Waals surface area contributed by atoms with Crippen molar-refractivity contribution in [2.24, 2.45) is 0 Å². The lowest BCUT2D eigenvalue weighted by molar-refractivity contribution is 0.432. The number of aryl methyl sites for hydroxylation is 1. The minimum atomic E-state index is 0.544. The van der Waals surface area contributed by atoms with Gasteiger partial charge in [0, 0.05) is 22.8 Å². The first-order chi connectivity index (χ1) is 11.2. The van der Waals surface area contributed by atoms with E-state index in [9.17, 15) is 0 Å². The highest BCUT2D eigenvalue weighted by Gasteiger charge is 2.20. The lowest BCUT2D eigenvalue weighted by Gasteiger charge is -2.02. The highest BCUT2D eigenvalue weighted by Crippen LogP contribution is 2.37. The van der Waals surface area contributed by atoms with Gasteiger partial charge in [0.2, 0.25) is 5.82 Å². The van der Waals surface area contributed by atoms with Gasteiger partial charge in [-0.05, 0) is 43.7 Å². The van der Waals surface area contributed by atoms with E-state index in [4.69, 9.17) is 4.52 Å². The summed E-state index contributed by atoms with van der Waals surface area (Å²) in [7, 11) is 0. The molecule has 114 valence electrons. The highest BCUT2D eigenvalue weighted by molar-refractivity contribution is 7.15. The number of benzene rings is 1. The van der Waals surface area contributed by atoms with Crippen LogP contribution in [0.3, 0.4) is 0 Å². The molecule has 0 amide bonds. The van der Waals surface area contributed by atoms with Crippen molar-refractivity contribution in [3.8, 4) is 27.8 Å². The first kappa shape index (κ1) is 14.0. The maximum absolute atomic E-state index is 5.48. The molecule has 0 fully saturated rings. The molecule has 0 saturated carbocycles. The summed E-state index contributed by atoms with van der Waals surface area (Å²) in [6, 6.07) is 13.9. The maximum Gasteiger partial charge on any atom is 0.258 e. The summed E-state index contributed by atoms with van der Waals surface area (Å²) in [5.41, 5.74) is 3.16. The average molecular weight is 321 g/mol. The van der Waals surface area contributed by atoms with Crippen molar-refractivity contribution in [1.82, 2.24) is 14.7 Å². The first-order valence-corrected chi connectivity index (χ1v) is 8.18. The monoisotopic (exact) mass is 321 g/mol. The summed E-state index contributed by atoms with van der Waals surface area (Å²) < 4.78 is 7.57. The number of thiophene rings is 1. The Kier molecular flexibility index (Phi) is 3.35. The van der Waals surface area contributed by atoms with Gasteiger partial charge in [-0.3, -0.25) is 0 Å². The average Bonchev–Trinajstić information content (AvgIpc) is 3.30. The van der Waals surface area contributed by atoms with Crippen LogP contribution < -0.4 is 0 Å². The van der Waals surface area contributed by atoms with E-state index in [1.165, 1.54) is 10.4 Å². The molecule has 0 spiro atoms. The van der Waals surface area contributed by atoms with Crippen LogP contribution in [0.15, 0.2) is 59.4 Å². The zero-order valence-electron chi connectivity index (χ0n) is 12.9. The molecule has 3 aromatic heterocycles. The van der Waals surface area contributed by atoms with Crippen molar-refractivity contribution >= 4 is 11.3 Å². The standard InChI is InChI=1S/C18H15N3OS/c1-12-13(2)23-18(21-10-6-7-11-21)15(12)16-19-17(22-20-16)14-8-4-3-5-9-14/h3-11H,1-2H3. The van der Waals surface area contributed by atoms with Crippen LogP contribution in [0.25, 0.3) is 27.8 Å². The summed E-state index contributed by atoms with van der Waals surface area (Å²) >= 11 is 1.74. The van der Waals surface area contributed by atoms with Crippen molar-refractivity contribution in [3.63, 3.8) is 0 Å². The Morgan fingerprint density at radius 1 is 1.00 bits per heavy atom. The number of rotatable bonds is 3. The largest absolute Gasteiger partial charge is 0.334 e. The second-order valence-corrected chi connectivity index (χ2v) is 6.55. The van der Waals surface area contributed by atoms with Crippen LogP contribution in [0.2, 0.25) is 0 Å². The maximum atomic E-state index is 5.48. The Morgan fingerprint density at radius 2 is 1.74 bits per heavy atom. The molecule has 0 bridgehead atoms. The van der Waals surface area contributed by atoms with Gasteiger partial charge in [0.15, 0.2) is 0 Å². The van der Waals surface area contributed by atoms with Crippen molar-refractivity contribution in [1.29, 1.82) is 0 Å². The topological polar surface area (TPSA) is 43.9 Å². The van der Waals surface area contributed by atoms with Crippen molar-refractivity contribution in [2.75, 3.05) is 0 Å². The smallest absolute Gasteiger partial charge is 0.258 e. The fourth-order valence-corrected chi connectivity index (χ4v) is 3.67. The Bertz CT molecular complexity index is 936. The highest BCUT2D eigenvalue weighted by atomic mass is 32.1. The third kappa shape index (κ3) is 2.39. The van der Waals surface area contributed by atoms with Gasteiger partial charge in [-0.1, -0.05) is 23.4 Å². The predicted octanol–water partition coefficient (Wildman–Crippen LogP) is 4.87. The van der Waals surface area contributed by atoms with E-state index in [1.54, 1.807) is 11.3 Å². The molecule has 0 N–H and O–H groups in total. The number of nitrogens with zero attached hydrogens (tertiary/aromatic N) is 3. The van der Waals surface area contributed by atoms with Gasteiger partial charge in [-0.2, -0.15) is 4.98 Å². The molecular formula is C18H15N3OS. The number of hydrogen-bond acceptors (Lipinski definition) is 4. The Labute approximate surface area is 138 Å². The molecule has 23 heavy (non-hydrogen) atoms. The molecule has 5 heteroatoms. The third-order valence-corrected chi connectivity index (χ3v) is 5.10. The Balaban J connectivity index is 1.84. The van der Waals surface area contributed by atoms with Gasteiger partial charge in [0.05, 0.1) is 5.56 Å². The molecule has 0 unspecified atom stereocenters. The SMILES string of the molecule is Cc1sc(-n2cccc2)c(-c2noc(-c3ccccc3)n2)c1C. The van der Waals surface area contributed by atoms with Gasteiger partial charge < -0.3 is 9.09 Å². The van der Waals surface area contributed by atoms with Crippen LogP contribution in [0, 0.1) is 13.8 Å². The van der Waals surface area contributed by atoms with Crippen molar-refractivity contribution in [2.45, 2.75) is 13.8 Å². The molecule has 0 aliphatic carbocycles. The van der Waals surface area contributed by atoms with E-state index in [0.29, 0.717) is 11.7 Å². The fraction of sp³-hybridized carbons (Fsp3) is 0.111. The van der Waals surface area contributed by atoms with E-state index in [0.717, 1.165) is 16.1 Å². The molecule has 0 atom stereocenters. The summed E-state index contributed by atoms with van der Waals surface area (Å²) in [5.74, 6) is 1.18. The lowest BCUT2D eigenvalue weighted by atomic mass is 10.1. The van der Waals surface area contributed by atoms with Gasteiger partial charge in [0.25, 0.3) is 5.89 Å². The van der Waals surface area contributed by atoms with E-state index in [2.05, 4.69) is 28.6 Å². The molecule has 4 aromatic rings. The molecular weight excluding hydrogens is 306 g/mol. The van der Waals surface area contributed by atoms with Crippen molar-refractivity contribution < 1.29 is 4.52 Å². The first-order valence-electron chi connectivity index (χ1n) is 7.37. The summed E-state index contributed by atoms with van der Waals surface area (Å²) in [4.78, 5) is 5.87. The van der Waals surface area contributed by atoms with Crippen LogP contribution in [0.1, 0.15) is 10.4 Å². The molecule has 0 aliphatic rings. The molecule has 0 saturated heterocycles. The summed E-state index contributed by atoms with van der Waals surface area (Å²) in [5, 5.41) is 5.33. The van der Waals surface area contributed by atoms with Gasteiger partial charge in [0.1, 0.15) is 5.00 Å². The number of aromatic nitrogens is 3. The molecule has 3 heterocycles. The number of hydrogen-bond donors (Lipinski definition) is 0. The summed E-state index contributed by atoms with van der Waals surface area (Å²) in [6.07, 6.45) is 4.07. The van der Waals surface area contributed by atoms with Crippen LogP contribution in [-0.2, 0) is 0 Å². The van der Waals surface area contributed by atoms with E-state index in [1.807, 2.05) is 54.9 Å². The molecule has 1 aromatic carbocycles. The second-order valence-electron chi connectivity index (χ2n) is 5.34. The summed E-state index contributed by atoms with van der Waals surface area (Å²) in [6.45, 7) is 4.22. The third-order valence-electron chi connectivity index (χ3n) is 3.88. The van der Waals surface area contributed by atoms with E-state index >= 15 is 0 Å². The second kappa shape index (κ2) is 5.52. The van der Waals surface area contributed by atoms with Gasteiger partial charge in [-0.15, -0.1) is 11.3 Å². The zero-order chi connectivity index (χ0) is 15.8. The van der Waals surface area contributed by atoms with E-state index in [-0.39, 0.29) is 0 Å².